The van der Waals surface area contributed by atoms with Crippen molar-refractivity contribution < 1.29 is 24.2 Å². The van der Waals surface area contributed by atoms with Crippen molar-refractivity contribution in [3.8, 4) is 11.1 Å². The highest BCUT2D eigenvalue weighted by Crippen LogP contribution is 2.44. The predicted molar refractivity (Wildman–Crippen MR) is 131 cm³/mol. The highest BCUT2D eigenvalue weighted by Gasteiger charge is 2.30. The van der Waals surface area contributed by atoms with Crippen LogP contribution in [0.4, 0.5) is 16.3 Å². The van der Waals surface area contributed by atoms with E-state index in [-0.39, 0.29) is 12.5 Å². The number of carbonyl (C=O) groups excluding carboxylic acids is 2. The Kier molecular flexibility index (Phi) is 6.96. The molecule has 3 aromatic rings. The maximum atomic E-state index is 12.7. The molecular formula is C26H26N4O5. The van der Waals surface area contributed by atoms with Gasteiger partial charge in [0.05, 0.1) is 18.3 Å². The molecule has 1 aliphatic rings. The number of carboxylic acid groups (broad SMARTS) is 1. The number of pyridine rings is 1. The molecule has 0 aliphatic heterocycles. The summed E-state index contributed by atoms with van der Waals surface area (Å²) >= 11 is 0. The molecule has 2 amide bonds. The number of benzene rings is 2. The molecule has 1 aliphatic carbocycles. The minimum absolute atomic E-state index is 0.0528. The largest absolute Gasteiger partial charge is 0.481 e. The number of nitrogens with zero attached hydrogens (tertiary/aromatic N) is 2. The second kappa shape index (κ2) is 10.3. The predicted octanol–water partition coefficient (Wildman–Crippen LogP) is 3.47. The number of anilines is 2. The zero-order valence-electron chi connectivity index (χ0n) is 19.4. The van der Waals surface area contributed by atoms with Crippen molar-refractivity contribution in [2.24, 2.45) is 0 Å². The lowest BCUT2D eigenvalue weighted by atomic mass is 9.98. The lowest BCUT2D eigenvalue weighted by molar-refractivity contribution is -0.139. The van der Waals surface area contributed by atoms with Gasteiger partial charge in [-0.05, 0) is 34.4 Å². The van der Waals surface area contributed by atoms with Crippen LogP contribution in [0.5, 0.6) is 0 Å². The Balaban J connectivity index is 1.41. The summed E-state index contributed by atoms with van der Waals surface area (Å²) < 4.78 is 5.45. The van der Waals surface area contributed by atoms with E-state index >= 15 is 0 Å². The maximum Gasteiger partial charge on any atom is 0.407 e. The molecule has 9 heteroatoms. The van der Waals surface area contributed by atoms with Crippen molar-refractivity contribution in [3.05, 3.63) is 78.0 Å². The summed E-state index contributed by atoms with van der Waals surface area (Å²) in [5, 5.41) is 14.2. The van der Waals surface area contributed by atoms with Crippen molar-refractivity contribution in [1.82, 2.24) is 10.3 Å². The van der Waals surface area contributed by atoms with E-state index in [0.717, 1.165) is 22.3 Å². The second-order valence-corrected chi connectivity index (χ2v) is 8.41. The summed E-state index contributed by atoms with van der Waals surface area (Å²) in [6.07, 6.45) is -0.00762. The number of alkyl carbamates (subject to hydrolysis) is 1. The molecule has 2 aromatic carbocycles. The molecular weight excluding hydrogens is 448 g/mol. The average molecular weight is 475 g/mol. The van der Waals surface area contributed by atoms with Crippen LogP contribution >= 0.6 is 0 Å². The summed E-state index contributed by atoms with van der Waals surface area (Å²) in [5.41, 5.74) is 4.67. The summed E-state index contributed by atoms with van der Waals surface area (Å²) in [4.78, 5) is 42.6. The van der Waals surface area contributed by atoms with E-state index in [4.69, 9.17) is 4.74 Å². The summed E-state index contributed by atoms with van der Waals surface area (Å²) in [6, 6.07) is 17.9. The van der Waals surface area contributed by atoms with E-state index in [9.17, 15) is 19.5 Å². The van der Waals surface area contributed by atoms with E-state index in [1.54, 1.807) is 17.0 Å². The topological polar surface area (TPSA) is 121 Å². The molecule has 35 heavy (non-hydrogen) atoms. The highest BCUT2D eigenvalue weighted by molar-refractivity contribution is 5.98. The Labute approximate surface area is 202 Å². The summed E-state index contributed by atoms with van der Waals surface area (Å²) in [7, 11) is 3.67. The van der Waals surface area contributed by atoms with Crippen LogP contribution in [0.15, 0.2) is 66.9 Å². The third-order valence-electron chi connectivity index (χ3n) is 5.80. The third kappa shape index (κ3) is 5.40. The van der Waals surface area contributed by atoms with Gasteiger partial charge in [-0.25, -0.2) is 9.78 Å². The van der Waals surface area contributed by atoms with Gasteiger partial charge in [0.15, 0.2) is 0 Å². The van der Waals surface area contributed by atoms with Gasteiger partial charge in [-0.3, -0.25) is 9.59 Å². The minimum atomic E-state index is -1.32. The van der Waals surface area contributed by atoms with Gasteiger partial charge in [0, 0.05) is 20.0 Å². The van der Waals surface area contributed by atoms with Gasteiger partial charge in [0.2, 0.25) is 5.91 Å². The molecule has 4 rings (SSSR count). The van der Waals surface area contributed by atoms with Crippen LogP contribution in [-0.2, 0) is 14.3 Å². The molecule has 1 heterocycles. The first-order valence-electron chi connectivity index (χ1n) is 11.1. The fourth-order valence-electron chi connectivity index (χ4n) is 4.12. The summed E-state index contributed by atoms with van der Waals surface area (Å²) in [6.45, 7) is 0.0528. The molecule has 9 nitrogen and oxygen atoms in total. The van der Waals surface area contributed by atoms with Crippen LogP contribution in [0.2, 0.25) is 0 Å². The fourth-order valence-corrected chi connectivity index (χ4v) is 4.12. The molecule has 0 radical (unpaired) electrons. The van der Waals surface area contributed by atoms with Crippen molar-refractivity contribution in [1.29, 1.82) is 0 Å². The van der Waals surface area contributed by atoms with Gasteiger partial charge < -0.3 is 25.4 Å². The molecule has 0 bridgehead atoms. The molecule has 0 saturated heterocycles. The fraction of sp³-hybridized carbons (Fsp3) is 0.231. The lowest BCUT2D eigenvalue weighted by Crippen LogP contribution is -2.45. The normalized spacial score (nSPS) is 12.7. The Morgan fingerprint density at radius 2 is 1.63 bits per heavy atom. The Morgan fingerprint density at radius 1 is 1.00 bits per heavy atom. The quantitative estimate of drug-likeness (QED) is 0.457. The first-order chi connectivity index (χ1) is 16.8. The molecule has 180 valence electrons. The number of amides is 2. The Morgan fingerprint density at radius 3 is 2.17 bits per heavy atom. The van der Waals surface area contributed by atoms with Crippen LogP contribution in [0.3, 0.4) is 0 Å². The number of rotatable bonds is 8. The average Bonchev–Trinajstić information content (AvgIpc) is 3.16. The number of hydrogen-bond acceptors (Lipinski definition) is 6. The van der Waals surface area contributed by atoms with E-state index in [0.29, 0.717) is 11.5 Å². The van der Waals surface area contributed by atoms with Gasteiger partial charge in [-0.15, -0.1) is 0 Å². The van der Waals surface area contributed by atoms with Crippen molar-refractivity contribution >= 4 is 29.5 Å². The molecule has 1 aromatic heterocycles. The number of carboxylic acids is 1. The van der Waals surface area contributed by atoms with Crippen molar-refractivity contribution in [2.45, 2.75) is 18.4 Å². The number of fused-ring (bicyclic) bond motifs is 3. The van der Waals surface area contributed by atoms with Gasteiger partial charge in [0.1, 0.15) is 18.5 Å². The Hall–Kier alpha value is -4.40. The highest BCUT2D eigenvalue weighted by atomic mass is 16.5. The van der Waals surface area contributed by atoms with Crippen LogP contribution < -0.4 is 15.5 Å². The monoisotopic (exact) mass is 474 g/mol. The van der Waals surface area contributed by atoms with Gasteiger partial charge in [-0.2, -0.15) is 0 Å². The van der Waals surface area contributed by atoms with Crippen LogP contribution in [0.1, 0.15) is 23.5 Å². The molecule has 3 N–H and O–H groups in total. The summed E-state index contributed by atoms with van der Waals surface area (Å²) in [5.74, 6) is -1.37. The molecule has 1 atom stereocenters. The maximum absolute atomic E-state index is 12.7. The number of carbonyl (C=O) groups is 3. The van der Waals surface area contributed by atoms with Crippen LogP contribution in [0, 0.1) is 0 Å². The standard InChI is InChI=1S/C26H26N4O5/c1-30(2)23-12-11-16(14-27-23)28-25(33)22(13-24(31)32)29-26(34)35-15-21-19-9-5-3-7-17(19)18-8-4-6-10-20(18)21/h3-12,14,21-22H,13,15H2,1-2H3,(H,28,33)(H,29,34)(H,31,32). The smallest absolute Gasteiger partial charge is 0.407 e. The van der Waals surface area contributed by atoms with Crippen molar-refractivity contribution in [3.63, 3.8) is 0 Å². The third-order valence-corrected chi connectivity index (χ3v) is 5.80. The zero-order chi connectivity index (χ0) is 24.9. The number of aromatic nitrogens is 1. The lowest BCUT2D eigenvalue weighted by Gasteiger charge is -2.19. The molecule has 0 fully saturated rings. The molecule has 0 saturated carbocycles. The van der Waals surface area contributed by atoms with Gasteiger partial charge >= 0.3 is 12.1 Å². The molecule has 0 spiro atoms. The number of hydrogen-bond donors (Lipinski definition) is 3. The first-order valence-corrected chi connectivity index (χ1v) is 11.1. The SMILES string of the molecule is CN(C)c1ccc(NC(=O)C(CC(=O)O)NC(=O)OCC2c3ccccc3-c3ccccc32)cn1. The Bertz CT molecular complexity index is 1200. The number of nitrogens with one attached hydrogen (secondary N) is 2. The minimum Gasteiger partial charge on any atom is -0.481 e. The number of aliphatic carboxylic acids is 1. The van der Waals surface area contributed by atoms with E-state index in [1.165, 1.54) is 6.20 Å². The second-order valence-electron chi connectivity index (χ2n) is 8.41. The van der Waals surface area contributed by atoms with Gasteiger partial charge in [-0.1, -0.05) is 48.5 Å². The van der Waals surface area contributed by atoms with Gasteiger partial charge in [0.25, 0.3) is 0 Å². The van der Waals surface area contributed by atoms with Crippen molar-refractivity contribution in [2.75, 3.05) is 30.9 Å². The zero-order valence-corrected chi connectivity index (χ0v) is 19.4. The van der Waals surface area contributed by atoms with E-state index in [1.807, 2.05) is 62.6 Å². The van der Waals surface area contributed by atoms with Crippen LogP contribution in [0.25, 0.3) is 11.1 Å². The van der Waals surface area contributed by atoms with E-state index in [2.05, 4.69) is 15.6 Å². The number of ether oxygens (including phenoxy) is 1. The first kappa shape index (κ1) is 23.7. The van der Waals surface area contributed by atoms with Crippen LogP contribution in [-0.4, -0.2) is 54.8 Å². The molecule has 1 unspecified atom stereocenters. The van der Waals surface area contributed by atoms with E-state index < -0.39 is 30.4 Å².